The van der Waals surface area contributed by atoms with Crippen LogP contribution in [0.2, 0.25) is 0 Å². The Morgan fingerprint density at radius 1 is 1.26 bits per heavy atom. The van der Waals surface area contributed by atoms with E-state index in [4.69, 9.17) is 9.68 Å². The van der Waals surface area contributed by atoms with Crippen molar-refractivity contribution in [2.24, 2.45) is 0 Å². The Balaban J connectivity index is 1.40. The van der Waals surface area contributed by atoms with Gasteiger partial charge in [0.2, 0.25) is 5.89 Å². The van der Waals surface area contributed by atoms with E-state index in [0.717, 1.165) is 49.1 Å². The number of thiophene rings is 1. The fraction of sp³-hybridized carbons (Fsp3) is 0.300. The molecule has 1 aliphatic rings. The molecule has 1 aliphatic heterocycles. The van der Waals surface area contributed by atoms with Crippen molar-refractivity contribution in [3.63, 3.8) is 0 Å². The molecule has 0 spiro atoms. The molecule has 1 fully saturated rings. The number of rotatable bonds is 4. The summed E-state index contributed by atoms with van der Waals surface area (Å²) in [6.45, 7) is 5.78. The van der Waals surface area contributed by atoms with Crippen molar-refractivity contribution in [1.82, 2.24) is 9.88 Å². The number of hydrogen-bond donors (Lipinski definition) is 0. The fourth-order valence-electron chi connectivity index (χ4n) is 3.27. The standard InChI is InChI=1S/C20H19FN4OS/c1-14-17(23-20(26-14)19-3-2-10-27-19)13-24-6-8-25(9-7-24)18-5-4-15(12-22)11-16(18)21/h2-5,10-11H,6-9,13H2,1H3. The van der Waals surface area contributed by atoms with Crippen LogP contribution in [0.3, 0.4) is 0 Å². The number of piperazine rings is 1. The van der Waals surface area contributed by atoms with Crippen molar-refractivity contribution in [3.8, 4) is 16.8 Å². The van der Waals surface area contributed by atoms with Crippen LogP contribution < -0.4 is 4.90 Å². The van der Waals surface area contributed by atoms with E-state index in [1.165, 1.54) is 6.07 Å². The highest BCUT2D eigenvalue weighted by Gasteiger charge is 2.22. The summed E-state index contributed by atoms with van der Waals surface area (Å²) in [6.07, 6.45) is 0. The second-order valence-corrected chi connectivity index (χ2v) is 7.49. The maximum atomic E-state index is 14.2. The molecule has 0 bridgehead atoms. The highest BCUT2D eigenvalue weighted by atomic mass is 32.1. The third-order valence-electron chi connectivity index (χ3n) is 4.79. The molecular weight excluding hydrogens is 363 g/mol. The van der Waals surface area contributed by atoms with Gasteiger partial charge < -0.3 is 9.32 Å². The predicted molar refractivity (Wildman–Crippen MR) is 103 cm³/mol. The van der Waals surface area contributed by atoms with E-state index < -0.39 is 0 Å². The van der Waals surface area contributed by atoms with Crippen LogP contribution in [0.4, 0.5) is 10.1 Å². The Labute approximate surface area is 161 Å². The first-order valence-corrected chi connectivity index (χ1v) is 9.69. The van der Waals surface area contributed by atoms with Crippen LogP contribution in [-0.4, -0.2) is 36.1 Å². The number of nitrogens with zero attached hydrogens (tertiary/aromatic N) is 4. The van der Waals surface area contributed by atoms with Crippen molar-refractivity contribution in [1.29, 1.82) is 5.26 Å². The van der Waals surface area contributed by atoms with Crippen molar-refractivity contribution in [2.75, 3.05) is 31.1 Å². The van der Waals surface area contributed by atoms with Gasteiger partial charge in [-0.3, -0.25) is 4.90 Å². The summed E-state index contributed by atoms with van der Waals surface area (Å²) in [6, 6.07) is 10.6. The second kappa shape index (κ2) is 7.51. The zero-order valence-electron chi connectivity index (χ0n) is 15.0. The number of nitriles is 1. The van der Waals surface area contributed by atoms with Crippen LogP contribution in [0.25, 0.3) is 10.8 Å². The molecule has 0 saturated carbocycles. The van der Waals surface area contributed by atoms with Gasteiger partial charge in [0.05, 0.1) is 27.9 Å². The maximum absolute atomic E-state index is 14.2. The van der Waals surface area contributed by atoms with Gasteiger partial charge in [0.1, 0.15) is 11.6 Å². The van der Waals surface area contributed by atoms with E-state index in [-0.39, 0.29) is 5.82 Å². The van der Waals surface area contributed by atoms with Gasteiger partial charge in [-0.2, -0.15) is 5.26 Å². The molecule has 7 heteroatoms. The molecule has 5 nitrogen and oxygen atoms in total. The van der Waals surface area contributed by atoms with Gasteiger partial charge in [-0.15, -0.1) is 11.3 Å². The number of hydrogen-bond acceptors (Lipinski definition) is 6. The van der Waals surface area contributed by atoms with Crippen molar-refractivity contribution < 1.29 is 8.81 Å². The molecule has 2 aromatic heterocycles. The van der Waals surface area contributed by atoms with Crippen molar-refractivity contribution >= 4 is 17.0 Å². The number of aromatic nitrogens is 1. The van der Waals surface area contributed by atoms with Gasteiger partial charge >= 0.3 is 0 Å². The van der Waals surface area contributed by atoms with E-state index in [1.807, 2.05) is 35.4 Å². The Kier molecular flexibility index (Phi) is 4.92. The van der Waals surface area contributed by atoms with E-state index in [0.29, 0.717) is 17.1 Å². The minimum absolute atomic E-state index is 0.338. The van der Waals surface area contributed by atoms with Gasteiger partial charge in [-0.25, -0.2) is 9.37 Å². The lowest BCUT2D eigenvalue weighted by atomic mass is 10.1. The van der Waals surface area contributed by atoms with E-state index in [1.54, 1.807) is 23.5 Å². The van der Waals surface area contributed by atoms with Gasteiger partial charge in [0, 0.05) is 32.7 Å². The summed E-state index contributed by atoms with van der Waals surface area (Å²) in [5, 5.41) is 10.9. The summed E-state index contributed by atoms with van der Waals surface area (Å²) in [5.41, 5.74) is 1.86. The lowest BCUT2D eigenvalue weighted by Crippen LogP contribution is -2.46. The summed E-state index contributed by atoms with van der Waals surface area (Å²) >= 11 is 1.61. The molecule has 0 amide bonds. The molecular formula is C20H19FN4OS. The first kappa shape index (κ1) is 17.7. The topological polar surface area (TPSA) is 56.3 Å². The number of anilines is 1. The lowest BCUT2D eigenvalue weighted by Gasteiger charge is -2.35. The fourth-order valence-corrected chi connectivity index (χ4v) is 3.92. The molecule has 3 heterocycles. The average Bonchev–Trinajstić information content (AvgIpc) is 3.33. The summed E-state index contributed by atoms with van der Waals surface area (Å²) in [4.78, 5) is 10.0. The van der Waals surface area contributed by atoms with Crippen LogP contribution in [-0.2, 0) is 6.54 Å². The van der Waals surface area contributed by atoms with Crippen molar-refractivity contribution in [3.05, 3.63) is 58.5 Å². The molecule has 0 atom stereocenters. The van der Waals surface area contributed by atoms with Crippen LogP contribution in [0.5, 0.6) is 0 Å². The van der Waals surface area contributed by atoms with Gasteiger partial charge in [0.25, 0.3) is 0 Å². The molecule has 27 heavy (non-hydrogen) atoms. The first-order chi connectivity index (χ1) is 13.1. The van der Waals surface area contributed by atoms with Crippen LogP contribution in [0.1, 0.15) is 17.0 Å². The third-order valence-corrected chi connectivity index (χ3v) is 5.65. The van der Waals surface area contributed by atoms with E-state index in [2.05, 4.69) is 9.88 Å². The van der Waals surface area contributed by atoms with Gasteiger partial charge in [-0.1, -0.05) is 6.07 Å². The molecule has 0 radical (unpaired) electrons. The smallest absolute Gasteiger partial charge is 0.236 e. The predicted octanol–water partition coefficient (Wildman–Crippen LogP) is 4.04. The molecule has 1 saturated heterocycles. The summed E-state index contributed by atoms with van der Waals surface area (Å²) < 4.78 is 20.0. The Morgan fingerprint density at radius 2 is 2.07 bits per heavy atom. The van der Waals surface area contributed by atoms with E-state index >= 15 is 0 Å². The molecule has 0 unspecified atom stereocenters. The molecule has 0 N–H and O–H groups in total. The summed E-state index contributed by atoms with van der Waals surface area (Å²) in [5.74, 6) is 1.19. The number of oxazole rings is 1. The molecule has 3 aromatic rings. The highest BCUT2D eigenvalue weighted by Crippen LogP contribution is 2.27. The first-order valence-electron chi connectivity index (χ1n) is 8.81. The lowest BCUT2D eigenvalue weighted by molar-refractivity contribution is 0.245. The van der Waals surface area contributed by atoms with Crippen LogP contribution in [0.15, 0.2) is 40.1 Å². The minimum Gasteiger partial charge on any atom is -0.440 e. The third kappa shape index (κ3) is 3.72. The Bertz CT molecular complexity index is 969. The average molecular weight is 382 g/mol. The number of aryl methyl sites for hydroxylation is 1. The number of benzene rings is 1. The normalized spacial score (nSPS) is 15.1. The van der Waals surface area contributed by atoms with Gasteiger partial charge in [0.15, 0.2) is 0 Å². The monoisotopic (exact) mass is 382 g/mol. The quantitative estimate of drug-likeness (QED) is 0.681. The van der Waals surface area contributed by atoms with Gasteiger partial charge in [-0.05, 0) is 36.6 Å². The summed E-state index contributed by atoms with van der Waals surface area (Å²) in [7, 11) is 0. The SMILES string of the molecule is Cc1oc(-c2cccs2)nc1CN1CCN(c2ccc(C#N)cc2F)CC1. The Hall–Kier alpha value is -2.69. The second-order valence-electron chi connectivity index (χ2n) is 6.54. The van der Waals surface area contributed by atoms with Crippen molar-refractivity contribution in [2.45, 2.75) is 13.5 Å². The largest absolute Gasteiger partial charge is 0.440 e. The Morgan fingerprint density at radius 3 is 2.74 bits per heavy atom. The highest BCUT2D eigenvalue weighted by molar-refractivity contribution is 7.13. The molecule has 1 aromatic carbocycles. The number of halogens is 1. The molecule has 0 aliphatic carbocycles. The van der Waals surface area contributed by atoms with Crippen LogP contribution >= 0.6 is 11.3 Å². The maximum Gasteiger partial charge on any atom is 0.236 e. The van der Waals surface area contributed by atoms with E-state index in [9.17, 15) is 4.39 Å². The molecule has 138 valence electrons. The zero-order valence-corrected chi connectivity index (χ0v) is 15.8. The minimum atomic E-state index is -0.338. The molecule has 4 rings (SSSR count). The zero-order chi connectivity index (χ0) is 18.8. The van der Waals surface area contributed by atoms with Crippen LogP contribution in [0, 0.1) is 24.1 Å².